The van der Waals surface area contributed by atoms with Gasteiger partial charge in [0.1, 0.15) is 0 Å². The fourth-order valence-corrected chi connectivity index (χ4v) is 1.50. The second kappa shape index (κ2) is 5.33. The molecule has 0 aliphatic heterocycles. The van der Waals surface area contributed by atoms with Crippen LogP contribution in [-0.4, -0.2) is 22.8 Å². The summed E-state index contributed by atoms with van der Waals surface area (Å²) in [6.45, 7) is 0. The number of rotatable bonds is 1. The van der Waals surface area contributed by atoms with Crippen molar-refractivity contribution in [2.45, 2.75) is 17.8 Å². The molecule has 1 aromatic rings. The number of alkyl halides is 6. The van der Waals surface area contributed by atoms with Crippen LogP contribution in [0.1, 0.15) is 5.69 Å². The summed E-state index contributed by atoms with van der Waals surface area (Å²) in [5.41, 5.74) is -2.29. The quantitative estimate of drug-likeness (QED) is 0.346. The molecule has 0 bridgehead atoms. The van der Waals surface area contributed by atoms with E-state index in [-0.39, 0.29) is 26.2 Å². The summed E-state index contributed by atoms with van der Waals surface area (Å²) >= 11 is 0. The van der Waals surface area contributed by atoms with Crippen LogP contribution in [0.15, 0.2) is 36.5 Å². The van der Waals surface area contributed by atoms with Gasteiger partial charge in [0.25, 0.3) is 0 Å². The van der Waals surface area contributed by atoms with Crippen LogP contribution >= 0.6 is 0 Å². The van der Waals surface area contributed by atoms with E-state index < -0.39 is 35.1 Å². The molecule has 0 spiro atoms. The maximum Gasteiger partial charge on any atom is 0.330 e. The minimum absolute atomic E-state index is 0. The van der Waals surface area contributed by atoms with Gasteiger partial charge >= 0.3 is 11.8 Å². The zero-order valence-electron chi connectivity index (χ0n) is 9.51. The van der Waals surface area contributed by atoms with Crippen LogP contribution in [0.2, 0.25) is 0 Å². The standard InChI is InChI=1S/C12H6F6N.Ir/c13-10(14)4-5-11(15,16)12(17,18)8(7-10)9-3-1-2-6-19-9;/h1-6H;/q-1;. The molecule has 2 rings (SSSR count). The van der Waals surface area contributed by atoms with E-state index >= 15 is 0 Å². The van der Waals surface area contributed by atoms with Crippen molar-refractivity contribution >= 4 is 5.57 Å². The summed E-state index contributed by atoms with van der Waals surface area (Å²) in [7, 11) is 0. The monoisotopic (exact) mass is 471 g/mol. The summed E-state index contributed by atoms with van der Waals surface area (Å²) in [5.74, 6) is -13.6. The van der Waals surface area contributed by atoms with Crippen molar-refractivity contribution in [1.82, 2.24) is 4.98 Å². The van der Waals surface area contributed by atoms with Gasteiger partial charge in [0.2, 0.25) is 5.92 Å². The fourth-order valence-electron chi connectivity index (χ4n) is 1.50. The molecule has 8 heteroatoms. The Bertz CT molecular complexity index is 538. The molecule has 0 amide bonds. The third-order valence-corrected chi connectivity index (χ3v) is 2.45. The van der Waals surface area contributed by atoms with Crippen molar-refractivity contribution in [3.05, 3.63) is 48.3 Å². The minimum atomic E-state index is -4.82. The van der Waals surface area contributed by atoms with Gasteiger partial charge in [-0.3, -0.25) is 0 Å². The fraction of sp³-hybridized carbons (Fsp3) is 0.250. The van der Waals surface area contributed by atoms with Gasteiger partial charge < -0.3 is 4.98 Å². The largest absolute Gasteiger partial charge is 0.351 e. The molecule has 0 unspecified atom stereocenters. The zero-order chi connectivity index (χ0) is 14.3. The Hall–Kier alpha value is -1.14. The Morgan fingerprint density at radius 3 is 2.15 bits per heavy atom. The van der Waals surface area contributed by atoms with Crippen LogP contribution in [0.3, 0.4) is 0 Å². The molecule has 0 saturated heterocycles. The topological polar surface area (TPSA) is 12.9 Å². The SMILES string of the molecule is FC1(F)[C-]=C(c2ccccn2)C(F)(F)C(F)(F)C=C1.[Ir]. The summed E-state index contributed by atoms with van der Waals surface area (Å²) in [6.07, 6.45) is 1.36. The second-order valence-corrected chi connectivity index (χ2v) is 3.87. The third kappa shape index (κ3) is 2.96. The molecule has 1 aliphatic carbocycles. The molecule has 1 heterocycles. The van der Waals surface area contributed by atoms with E-state index in [9.17, 15) is 26.3 Å². The molecule has 0 atom stereocenters. The van der Waals surface area contributed by atoms with Gasteiger partial charge in [-0.2, -0.15) is 23.6 Å². The molecule has 1 nitrogen and oxygen atoms in total. The van der Waals surface area contributed by atoms with Crippen molar-refractivity contribution in [2.75, 3.05) is 0 Å². The smallest absolute Gasteiger partial charge is 0.330 e. The van der Waals surface area contributed by atoms with E-state index in [4.69, 9.17) is 0 Å². The third-order valence-electron chi connectivity index (χ3n) is 2.45. The predicted molar refractivity (Wildman–Crippen MR) is 54.9 cm³/mol. The maximum absolute atomic E-state index is 13.7. The average Bonchev–Trinajstić information content (AvgIpc) is 2.40. The Morgan fingerprint density at radius 1 is 0.950 bits per heavy atom. The Kier molecular flexibility index (Phi) is 4.51. The first-order valence-electron chi connectivity index (χ1n) is 5.07. The Balaban J connectivity index is 0.00000200. The molecule has 0 N–H and O–H groups in total. The van der Waals surface area contributed by atoms with Gasteiger partial charge in [-0.1, -0.05) is 11.8 Å². The summed E-state index contributed by atoms with van der Waals surface area (Å²) < 4.78 is 80.2. The predicted octanol–water partition coefficient (Wildman–Crippen LogP) is 3.74. The molecule has 0 saturated carbocycles. The first-order valence-corrected chi connectivity index (χ1v) is 5.07. The minimum Gasteiger partial charge on any atom is -0.351 e. The number of nitrogens with zero attached hydrogens (tertiary/aromatic N) is 1. The normalized spacial score (nSPS) is 22.4. The van der Waals surface area contributed by atoms with Crippen molar-refractivity contribution in [2.24, 2.45) is 0 Å². The van der Waals surface area contributed by atoms with Crippen molar-refractivity contribution in [1.29, 1.82) is 0 Å². The van der Waals surface area contributed by atoms with Crippen molar-refractivity contribution in [3.63, 3.8) is 0 Å². The van der Waals surface area contributed by atoms with Gasteiger partial charge in [0.15, 0.2) is 0 Å². The van der Waals surface area contributed by atoms with Crippen molar-refractivity contribution < 1.29 is 46.4 Å². The first kappa shape index (κ1) is 16.9. The summed E-state index contributed by atoms with van der Waals surface area (Å²) in [5, 5.41) is 0. The van der Waals surface area contributed by atoms with Crippen LogP contribution in [0.5, 0.6) is 0 Å². The molecule has 0 aromatic carbocycles. The molecule has 1 radical (unpaired) electrons. The molecule has 20 heavy (non-hydrogen) atoms. The van der Waals surface area contributed by atoms with E-state index in [1.165, 1.54) is 12.1 Å². The maximum atomic E-state index is 13.7. The first-order chi connectivity index (χ1) is 8.66. The molecule has 0 fully saturated rings. The number of pyridine rings is 1. The number of aromatic nitrogens is 1. The van der Waals surface area contributed by atoms with E-state index in [1.54, 1.807) is 0 Å². The van der Waals surface area contributed by atoms with Crippen molar-refractivity contribution in [3.8, 4) is 0 Å². The van der Waals surface area contributed by atoms with Crippen LogP contribution in [0.25, 0.3) is 5.57 Å². The molecule has 111 valence electrons. The molecule has 1 aromatic heterocycles. The van der Waals surface area contributed by atoms with Crippen LogP contribution in [-0.2, 0) is 20.1 Å². The van der Waals surface area contributed by atoms with Crippen LogP contribution < -0.4 is 0 Å². The van der Waals surface area contributed by atoms with Gasteiger partial charge in [-0.05, 0) is 18.2 Å². The van der Waals surface area contributed by atoms with Gasteiger partial charge in [0.05, 0.1) is 0 Å². The average molecular weight is 470 g/mol. The Labute approximate surface area is 123 Å². The number of allylic oxidation sites excluding steroid dienone is 4. The van der Waals surface area contributed by atoms with E-state index in [0.717, 1.165) is 18.3 Å². The zero-order valence-corrected chi connectivity index (χ0v) is 11.9. The number of halogens is 6. The molecule has 1 aliphatic rings. The van der Waals surface area contributed by atoms with Gasteiger partial charge in [-0.15, -0.1) is 11.6 Å². The van der Waals surface area contributed by atoms with E-state index in [2.05, 4.69) is 4.98 Å². The summed E-state index contributed by atoms with van der Waals surface area (Å²) in [4.78, 5) is 3.40. The second-order valence-electron chi connectivity index (χ2n) is 3.87. The number of hydrogen-bond donors (Lipinski definition) is 0. The molecular weight excluding hydrogens is 464 g/mol. The van der Waals surface area contributed by atoms with E-state index in [0.29, 0.717) is 0 Å². The van der Waals surface area contributed by atoms with Gasteiger partial charge in [0, 0.05) is 26.3 Å². The Morgan fingerprint density at radius 2 is 1.60 bits per heavy atom. The summed E-state index contributed by atoms with van der Waals surface area (Å²) in [6, 6.07) is 3.50. The van der Waals surface area contributed by atoms with E-state index in [1.807, 2.05) is 0 Å². The van der Waals surface area contributed by atoms with Crippen LogP contribution in [0, 0.1) is 6.08 Å². The number of hydrogen-bond acceptors (Lipinski definition) is 1. The van der Waals surface area contributed by atoms with Crippen LogP contribution in [0.4, 0.5) is 26.3 Å². The molecular formula is C12H6F6IrN-. The van der Waals surface area contributed by atoms with Gasteiger partial charge in [-0.25, -0.2) is 8.78 Å².